The fraction of sp³-hybridized carbons (Fsp3) is 0.0714. The van der Waals surface area contributed by atoms with Gasteiger partial charge in [0, 0.05) is 10.0 Å². The Bertz CT molecular complexity index is 562. The van der Waals surface area contributed by atoms with Crippen LogP contribution in [-0.2, 0) is 0 Å². The molecule has 18 heavy (non-hydrogen) atoms. The van der Waals surface area contributed by atoms with Gasteiger partial charge >= 0.3 is 0 Å². The summed E-state index contributed by atoms with van der Waals surface area (Å²) in [5.41, 5.74) is 6.22. The Hall–Kier alpha value is -1.13. The Labute approximate surface area is 123 Å². The van der Waals surface area contributed by atoms with Gasteiger partial charge in [0.25, 0.3) is 0 Å². The highest BCUT2D eigenvalue weighted by atomic mass is 79.9. The van der Waals surface area contributed by atoms with Crippen molar-refractivity contribution in [3.63, 3.8) is 0 Å². The number of rotatable bonds is 3. The van der Waals surface area contributed by atoms with E-state index < -0.39 is 0 Å². The third-order valence-electron chi connectivity index (χ3n) is 2.38. The normalized spacial score (nSPS) is 11.4. The zero-order chi connectivity index (χ0) is 13.0. The molecule has 0 atom stereocenters. The van der Waals surface area contributed by atoms with Crippen LogP contribution in [-0.4, -0.2) is 4.62 Å². The molecule has 1 N–H and O–H groups in total. The molecule has 0 heterocycles. The second kappa shape index (κ2) is 6.16. The fourth-order valence-electron chi connectivity index (χ4n) is 1.48. The Kier molecular flexibility index (Phi) is 4.55. The molecule has 2 rings (SSSR count). The van der Waals surface area contributed by atoms with Gasteiger partial charge in [-0.2, -0.15) is 5.10 Å². The van der Waals surface area contributed by atoms with E-state index in [1.165, 1.54) is 5.56 Å². The van der Waals surface area contributed by atoms with Crippen LogP contribution in [0.4, 0.5) is 5.69 Å². The van der Waals surface area contributed by atoms with E-state index in [9.17, 15) is 0 Å². The van der Waals surface area contributed by atoms with Gasteiger partial charge in [-0.1, -0.05) is 39.7 Å². The predicted molar refractivity (Wildman–Crippen MR) is 84.4 cm³/mol. The molecule has 0 saturated carbocycles. The van der Waals surface area contributed by atoms with Gasteiger partial charge in [-0.05, 0) is 53.2 Å². The van der Waals surface area contributed by atoms with Crippen LogP contribution < -0.4 is 5.43 Å². The van der Waals surface area contributed by atoms with Crippen molar-refractivity contribution in [3.05, 3.63) is 64.1 Å². The molecule has 0 spiro atoms. The average molecular weight is 368 g/mol. The van der Waals surface area contributed by atoms with Crippen LogP contribution in [0.5, 0.6) is 0 Å². The lowest BCUT2D eigenvalue weighted by atomic mass is 10.2. The summed E-state index contributed by atoms with van der Waals surface area (Å²) in [6.07, 6.45) is 0. The Morgan fingerprint density at radius 1 is 1.11 bits per heavy atom. The van der Waals surface area contributed by atoms with Gasteiger partial charge in [0.1, 0.15) is 4.62 Å². The lowest BCUT2D eigenvalue weighted by Crippen LogP contribution is -1.96. The van der Waals surface area contributed by atoms with Crippen molar-refractivity contribution in [3.8, 4) is 0 Å². The lowest BCUT2D eigenvalue weighted by Gasteiger charge is -2.03. The molecule has 0 amide bonds. The summed E-state index contributed by atoms with van der Waals surface area (Å²) in [7, 11) is 0. The molecule has 0 unspecified atom stereocenters. The van der Waals surface area contributed by atoms with Crippen LogP contribution in [0.1, 0.15) is 11.1 Å². The van der Waals surface area contributed by atoms with Crippen LogP contribution in [0, 0.1) is 6.92 Å². The molecule has 0 aliphatic rings. The standard InChI is InChI=1S/C14H12Br2N2/c1-10-3-2-4-11(9-10)14(16)18-17-13-7-5-12(15)6-8-13/h2-9,17H,1H3/b18-14-. The molecule has 2 aromatic carbocycles. The van der Waals surface area contributed by atoms with E-state index in [1.807, 2.05) is 36.4 Å². The zero-order valence-corrected chi connectivity index (χ0v) is 13.0. The molecule has 0 bridgehead atoms. The number of nitrogens with zero attached hydrogens (tertiary/aromatic N) is 1. The summed E-state index contributed by atoms with van der Waals surface area (Å²) in [5.74, 6) is 0. The van der Waals surface area contributed by atoms with E-state index in [1.54, 1.807) is 0 Å². The zero-order valence-electron chi connectivity index (χ0n) is 9.82. The highest BCUT2D eigenvalue weighted by molar-refractivity contribution is 9.18. The minimum atomic E-state index is 0.786. The van der Waals surface area contributed by atoms with E-state index in [2.05, 4.69) is 61.4 Å². The highest BCUT2D eigenvalue weighted by Gasteiger charge is 1.99. The number of nitrogens with one attached hydrogen (secondary N) is 1. The first-order valence-corrected chi connectivity index (χ1v) is 7.05. The first-order valence-electron chi connectivity index (χ1n) is 5.47. The van der Waals surface area contributed by atoms with E-state index >= 15 is 0 Å². The second-order valence-corrected chi connectivity index (χ2v) is 5.56. The maximum atomic E-state index is 4.30. The predicted octanol–water partition coefficient (Wildman–Crippen LogP) is 4.93. The largest absolute Gasteiger partial charge is 0.277 e. The number of benzene rings is 2. The molecule has 4 heteroatoms. The summed E-state index contributed by atoms with van der Waals surface area (Å²) in [5, 5.41) is 4.30. The van der Waals surface area contributed by atoms with E-state index in [0.29, 0.717) is 0 Å². The highest BCUT2D eigenvalue weighted by Crippen LogP contribution is 2.15. The van der Waals surface area contributed by atoms with Crippen molar-refractivity contribution < 1.29 is 0 Å². The van der Waals surface area contributed by atoms with Gasteiger partial charge in [-0.15, -0.1) is 0 Å². The van der Waals surface area contributed by atoms with E-state index in [4.69, 9.17) is 0 Å². The number of hydrazone groups is 1. The summed E-state index contributed by atoms with van der Waals surface area (Å²) in [6, 6.07) is 16.0. The molecule has 0 aliphatic carbocycles. The fourth-order valence-corrected chi connectivity index (χ4v) is 2.08. The molecule has 0 radical (unpaired) electrons. The van der Waals surface area contributed by atoms with E-state index in [0.717, 1.165) is 20.3 Å². The molecular formula is C14H12Br2N2. The van der Waals surface area contributed by atoms with Crippen molar-refractivity contribution in [2.45, 2.75) is 6.92 Å². The van der Waals surface area contributed by atoms with Gasteiger partial charge in [-0.3, -0.25) is 5.43 Å². The number of aryl methyl sites for hydroxylation is 1. The third-order valence-corrected chi connectivity index (χ3v) is 3.55. The van der Waals surface area contributed by atoms with Crippen molar-refractivity contribution in [1.82, 2.24) is 0 Å². The molecule has 0 aliphatic heterocycles. The van der Waals surface area contributed by atoms with E-state index in [-0.39, 0.29) is 0 Å². The summed E-state index contributed by atoms with van der Waals surface area (Å²) in [6.45, 7) is 2.06. The number of hydrogen-bond donors (Lipinski definition) is 1. The number of halogens is 2. The van der Waals surface area contributed by atoms with Crippen LogP contribution in [0.15, 0.2) is 58.1 Å². The maximum absolute atomic E-state index is 4.30. The minimum Gasteiger partial charge on any atom is -0.277 e. The van der Waals surface area contributed by atoms with Crippen molar-refractivity contribution in [1.29, 1.82) is 0 Å². The molecular weight excluding hydrogens is 356 g/mol. The van der Waals surface area contributed by atoms with Crippen LogP contribution in [0.2, 0.25) is 0 Å². The SMILES string of the molecule is Cc1cccc(/C(Br)=N/Nc2ccc(Br)cc2)c1. The Morgan fingerprint density at radius 2 is 1.83 bits per heavy atom. The molecule has 0 aromatic heterocycles. The van der Waals surface area contributed by atoms with Gasteiger partial charge in [0.05, 0.1) is 5.69 Å². The summed E-state index contributed by atoms with van der Waals surface area (Å²) < 4.78 is 1.84. The number of hydrogen-bond acceptors (Lipinski definition) is 2. The average Bonchev–Trinajstić information content (AvgIpc) is 2.38. The molecule has 0 fully saturated rings. The Balaban J connectivity index is 2.11. The van der Waals surface area contributed by atoms with Crippen LogP contribution in [0.3, 0.4) is 0 Å². The maximum Gasteiger partial charge on any atom is 0.133 e. The molecule has 0 saturated heterocycles. The first-order chi connectivity index (χ1) is 8.65. The number of anilines is 1. The van der Waals surface area contributed by atoms with Gasteiger partial charge in [-0.25, -0.2) is 0 Å². The monoisotopic (exact) mass is 366 g/mol. The first kappa shape index (κ1) is 13.3. The summed E-state index contributed by atoms with van der Waals surface area (Å²) >= 11 is 6.87. The van der Waals surface area contributed by atoms with Gasteiger partial charge < -0.3 is 0 Å². The quantitative estimate of drug-likeness (QED) is 0.603. The topological polar surface area (TPSA) is 24.4 Å². The summed E-state index contributed by atoms with van der Waals surface area (Å²) in [4.78, 5) is 0. The molecule has 92 valence electrons. The van der Waals surface area contributed by atoms with Gasteiger partial charge in [0.2, 0.25) is 0 Å². The van der Waals surface area contributed by atoms with Crippen molar-refractivity contribution in [2.24, 2.45) is 5.10 Å². The third kappa shape index (κ3) is 3.68. The van der Waals surface area contributed by atoms with Crippen LogP contribution >= 0.6 is 31.9 Å². The molecule has 2 aromatic rings. The Morgan fingerprint density at radius 3 is 2.50 bits per heavy atom. The van der Waals surface area contributed by atoms with Crippen molar-refractivity contribution in [2.75, 3.05) is 5.43 Å². The molecule has 2 nitrogen and oxygen atoms in total. The van der Waals surface area contributed by atoms with Gasteiger partial charge in [0.15, 0.2) is 0 Å². The minimum absolute atomic E-state index is 0.786. The van der Waals surface area contributed by atoms with Crippen molar-refractivity contribution >= 4 is 42.2 Å². The lowest BCUT2D eigenvalue weighted by molar-refractivity contribution is 1.34. The smallest absolute Gasteiger partial charge is 0.133 e. The van der Waals surface area contributed by atoms with Crippen LogP contribution in [0.25, 0.3) is 0 Å². The second-order valence-electron chi connectivity index (χ2n) is 3.89.